The van der Waals surface area contributed by atoms with Crippen molar-refractivity contribution in [3.05, 3.63) is 28.7 Å². The largest absolute Gasteiger partial charge is 0.376 e. The van der Waals surface area contributed by atoms with Crippen LogP contribution in [0, 0.1) is 0 Å². The molecule has 1 saturated heterocycles. The predicted molar refractivity (Wildman–Crippen MR) is 76.8 cm³/mol. The highest BCUT2D eigenvalue weighted by Gasteiger charge is 2.15. The molecule has 3 nitrogen and oxygen atoms in total. The van der Waals surface area contributed by atoms with Gasteiger partial charge in [-0.1, -0.05) is 22.0 Å². The van der Waals surface area contributed by atoms with Gasteiger partial charge in [0, 0.05) is 22.5 Å². The third kappa shape index (κ3) is 4.63. The quantitative estimate of drug-likeness (QED) is 0.844. The Morgan fingerprint density at radius 3 is 3.17 bits per heavy atom. The van der Waals surface area contributed by atoms with E-state index < -0.39 is 0 Å². The van der Waals surface area contributed by atoms with Crippen LogP contribution in [0.15, 0.2) is 33.6 Å². The van der Waals surface area contributed by atoms with Crippen molar-refractivity contribution in [2.75, 3.05) is 18.9 Å². The Morgan fingerprint density at radius 1 is 1.56 bits per heavy atom. The lowest BCUT2D eigenvalue weighted by molar-refractivity contribution is -0.119. The van der Waals surface area contributed by atoms with E-state index in [1.54, 1.807) is 11.8 Å². The van der Waals surface area contributed by atoms with Crippen molar-refractivity contribution in [1.29, 1.82) is 0 Å². The number of halogens is 1. The minimum atomic E-state index is 0.0653. The van der Waals surface area contributed by atoms with Gasteiger partial charge in [0.1, 0.15) is 0 Å². The fourth-order valence-corrected chi connectivity index (χ4v) is 3.13. The van der Waals surface area contributed by atoms with Crippen LogP contribution in [-0.4, -0.2) is 30.9 Å². The van der Waals surface area contributed by atoms with Crippen molar-refractivity contribution in [2.45, 2.75) is 23.8 Å². The second-order valence-electron chi connectivity index (χ2n) is 4.19. The Balaban J connectivity index is 1.68. The summed E-state index contributed by atoms with van der Waals surface area (Å²) in [5.41, 5.74) is 0. The lowest BCUT2D eigenvalue weighted by atomic mass is 10.2. The number of amides is 1. The summed E-state index contributed by atoms with van der Waals surface area (Å²) in [7, 11) is 0. The van der Waals surface area contributed by atoms with E-state index in [0.717, 1.165) is 28.8 Å². The fourth-order valence-electron chi connectivity index (χ4n) is 1.79. The SMILES string of the molecule is O=C(CSc1cccc(Br)c1)NCC1CCCO1. The number of thioether (sulfide) groups is 1. The van der Waals surface area contributed by atoms with Crippen molar-refractivity contribution < 1.29 is 9.53 Å². The van der Waals surface area contributed by atoms with E-state index in [9.17, 15) is 4.79 Å². The molecule has 2 rings (SSSR count). The predicted octanol–water partition coefficient (Wildman–Crippen LogP) is 2.84. The second-order valence-corrected chi connectivity index (χ2v) is 6.15. The summed E-state index contributed by atoms with van der Waals surface area (Å²) in [4.78, 5) is 12.8. The monoisotopic (exact) mass is 329 g/mol. The smallest absolute Gasteiger partial charge is 0.230 e. The second kappa shape index (κ2) is 7.16. The molecular formula is C13H16BrNO2S. The van der Waals surface area contributed by atoms with Crippen LogP contribution in [0.1, 0.15) is 12.8 Å². The van der Waals surface area contributed by atoms with Gasteiger partial charge < -0.3 is 10.1 Å². The maximum absolute atomic E-state index is 11.7. The summed E-state index contributed by atoms with van der Waals surface area (Å²) in [6, 6.07) is 7.96. The molecule has 98 valence electrons. The van der Waals surface area contributed by atoms with Crippen LogP contribution in [0.3, 0.4) is 0 Å². The molecule has 1 aromatic rings. The van der Waals surface area contributed by atoms with Gasteiger partial charge in [0.2, 0.25) is 5.91 Å². The third-order valence-electron chi connectivity index (χ3n) is 2.72. The number of carbonyl (C=O) groups excluding carboxylic acids is 1. The molecule has 18 heavy (non-hydrogen) atoms. The van der Waals surface area contributed by atoms with E-state index in [-0.39, 0.29) is 12.0 Å². The first kappa shape index (κ1) is 13.9. The van der Waals surface area contributed by atoms with Crippen LogP contribution in [-0.2, 0) is 9.53 Å². The van der Waals surface area contributed by atoms with Gasteiger partial charge in [-0.15, -0.1) is 11.8 Å². The molecule has 0 aliphatic carbocycles. The highest BCUT2D eigenvalue weighted by atomic mass is 79.9. The molecular weight excluding hydrogens is 314 g/mol. The zero-order valence-electron chi connectivity index (χ0n) is 10.0. The number of hydrogen-bond acceptors (Lipinski definition) is 3. The summed E-state index contributed by atoms with van der Waals surface area (Å²) in [5.74, 6) is 0.513. The first-order chi connectivity index (χ1) is 8.74. The molecule has 1 unspecified atom stereocenters. The number of nitrogens with one attached hydrogen (secondary N) is 1. The van der Waals surface area contributed by atoms with Crippen LogP contribution >= 0.6 is 27.7 Å². The molecule has 1 aliphatic rings. The van der Waals surface area contributed by atoms with E-state index in [4.69, 9.17) is 4.74 Å². The fraction of sp³-hybridized carbons (Fsp3) is 0.462. The van der Waals surface area contributed by atoms with Gasteiger partial charge in [0.25, 0.3) is 0 Å². The minimum absolute atomic E-state index is 0.0653. The summed E-state index contributed by atoms with van der Waals surface area (Å²) >= 11 is 4.96. The molecule has 1 atom stereocenters. The molecule has 0 bridgehead atoms. The molecule has 0 radical (unpaired) electrons. The molecule has 1 amide bonds. The van der Waals surface area contributed by atoms with Crippen LogP contribution < -0.4 is 5.32 Å². The van der Waals surface area contributed by atoms with Gasteiger partial charge in [-0.2, -0.15) is 0 Å². The highest BCUT2D eigenvalue weighted by molar-refractivity contribution is 9.10. The van der Waals surface area contributed by atoms with Crippen LogP contribution in [0.25, 0.3) is 0 Å². The standard InChI is InChI=1S/C13H16BrNO2S/c14-10-3-1-5-12(7-10)18-9-13(16)15-8-11-4-2-6-17-11/h1,3,5,7,11H,2,4,6,8-9H2,(H,15,16). The van der Waals surface area contributed by atoms with Crippen molar-refractivity contribution >= 4 is 33.6 Å². The van der Waals surface area contributed by atoms with Crippen molar-refractivity contribution in [3.8, 4) is 0 Å². The number of hydrogen-bond donors (Lipinski definition) is 1. The molecule has 0 aromatic heterocycles. The Kier molecular flexibility index (Phi) is 5.53. The first-order valence-corrected chi connectivity index (χ1v) is 7.78. The maximum Gasteiger partial charge on any atom is 0.230 e. The highest BCUT2D eigenvalue weighted by Crippen LogP contribution is 2.21. The average Bonchev–Trinajstić information content (AvgIpc) is 2.87. The number of ether oxygens (including phenoxy) is 1. The van der Waals surface area contributed by atoms with Crippen molar-refractivity contribution in [1.82, 2.24) is 5.32 Å². The van der Waals surface area contributed by atoms with Gasteiger partial charge in [-0.25, -0.2) is 0 Å². The van der Waals surface area contributed by atoms with Gasteiger partial charge in [-0.3, -0.25) is 4.79 Å². The van der Waals surface area contributed by atoms with E-state index in [1.807, 2.05) is 24.3 Å². The summed E-state index contributed by atoms with van der Waals surface area (Å²) in [5, 5.41) is 2.91. The van der Waals surface area contributed by atoms with Gasteiger partial charge >= 0.3 is 0 Å². The third-order valence-corrected chi connectivity index (χ3v) is 4.20. The van der Waals surface area contributed by atoms with Crippen LogP contribution in [0.2, 0.25) is 0 Å². The molecule has 0 spiro atoms. The van der Waals surface area contributed by atoms with Gasteiger partial charge in [0.05, 0.1) is 11.9 Å². The topological polar surface area (TPSA) is 38.3 Å². The molecule has 1 aromatic carbocycles. The van der Waals surface area contributed by atoms with Crippen LogP contribution in [0.5, 0.6) is 0 Å². The Bertz CT molecular complexity index is 408. The van der Waals surface area contributed by atoms with E-state index in [1.165, 1.54) is 0 Å². The normalized spacial score (nSPS) is 18.8. The Hall–Kier alpha value is -0.520. The van der Waals surface area contributed by atoms with E-state index in [2.05, 4.69) is 21.2 Å². The van der Waals surface area contributed by atoms with Gasteiger partial charge in [-0.05, 0) is 31.0 Å². The van der Waals surface area contributed by atoms with Crippen LogP contribution in [0.4, 0.5) is 0 Å². The summed E-state index contributed by atoms with van der Waals surface area (Å²) in [6.45, 7) is 1.46. The van der Waals surface area contributed by atoms with E-state index >= 15 is 0 Å². The molecule has 0 saturated carbocycles. The summed E-state index contributed by atoms with van der Waals surface area (Å²) in [6.07, 6.45) is 2.37. The Labute approximate surface area is 120 Å². The number of rotatable bonds is 5. The van der Waals surface area contributed by atoms with Gasteiger partial charge in [0.15, 0.2) is 0 Å². The van der Waals surface area contributed by atoms with Crippen molar-refractivity contribution in [3.63, 3.8) is 0 Å². The lowest BCUT2D eigenvalue weighted by Gasteiger charge is -2.10. The number of carbonyl (C=O) groups is 1. The first-order valence-electron chi connectivity index (χ1n) is 6.01. The maximum atomic E-state index is 11.7. The zero-order chi connectivity index (χ0) is 12.8. The average molecular weight is 330 g/mol. The van der Waals surface area contributed by atoms with E-state index in [0.29, 0.717) is 12.3 Å². The molecule has 1 N–H and O–H groups in total. The molecule has 1 fully saturated rings. The number of benzene rings is 1. The summed E-state index contributed by atoms with van der Waals surface area (Å²) < 4.78 is 6.49. The molecule has 1 aliphatic heterocycles. The zero-order valence-corrected chi connectivity index (χ0v) is 12.4. The minimum Gasteiger partial charge on any atom is -0.376 e. The van der Waals surface area contributed by atoms with Crippen molar-refractivity contribution in [2.24, 2.45) is 0 Å². The lowest BCUT2D eigenvalue weighted by Crippen LogP contribution is -2.32. The molecule has 5 heteroatoms. The molecule has 1 heterocycles. The Morgan fingerprint density at radius 2 is 2.44 bits per heavy atom.